The van der Waals surface area contributed by atoms with E-state index in [1.54, 1.807) is 6.07 Å². The Morgan fingerprint density at radius 1 is 1.30 bits per heavy atom. The lowest BCUT2D eigenvalue weighted by molar-refractivity contribution is 0.0599. The normalized spacial score (nSPS) is 16.4. The van der Waals surface area contributed by atoms with Gasteiger partial charge in [0.05, 0.1) is 5.52 Å². The third-order valence-corrected chi connectivity index (χ3v) is 3.85. The molecule has 0 amide bonds. The SMILES string of the molecule is Nc1cc(C(=O)CC2CCOCC2)nc2ccccc12. The first-order chi connectivity index (χ1) is 9.74. The predicted octanol–water partition coefficient (Wildman–Crippen LogP) is 2.82. The van der Waals surface area contributed by atoms with Gasteiger partial charge in [0.15, 0.2) is 5.78 Å². The van der Waals surface area contributed by atoms with Crippen LogP contribution in [0.5, 0.6) is 0 Å². The summed E-state index contributed by atoms with van der Waals surface area (Å²) in [6.07, 6.45) is 2.44. The van der Waals surface area contributed by atoms with Crippen LogP contribution in [0.4, 0.5) is 5.69 Å². The molecule has 20 heavy (non-hydrogen) atoms. The van der Waals surface area contributed by atoms with Crippen LogP contribution in [0, 0.1) is 5.92 Å². The van der Waals surface area contributed by atoms with E-state index >= 15 is 0 Å². The number of para-hydroxylation sites is 1. The van der Waals surface area contributed by atoms with E-state index < -0.39 is 0 Å². The molecule has 0 unspecified atom stereocenters. The number of anilines is 1. The van der Waals surface area contributed by atoms with E-state index in [9.17, 15) is 4.79 Å². The van der Waals surface area contributed by atoms with E-state index in [1.807, 2.05) is 24.3 Å². The smallest absolute Gasteiger partial charge is 0.181 e. The van der Waals surface area contributed by atoms with Crippen LogP contribution < -0.4 is 5.73 Å². The number of hydrogen-bond acceptors (Lipinski definition) is 4. The summed E-state index contributed by atoms with van der Waals surface area (Å²) >= 11 is 0. The quantitative estimate of drug-likeness (QED) is 0.871. The molecule has 0 spiro atoms. The topological polar surface area (TPSA) is 65.2 Å². The van der Waals surface area contributed by atoms with Gasteiger partial charge in [0.1, 0.15) is 5.69 Å². The monoisotopic (exact) mass is 270 g/mol. The molecule has 1 fully saturated rings. The van der Waals surface area contributed by atoms with E-state index in [4.69, 9.17) is 10.5 Å². The second kappa shape index (κ2) is 5.59. The highest BCUT2D eigenvalue weighted by Crippen LogP contribution is 2.24. The average molecular weight is 270 g/mol. The number of ether oxygens (including phenoxy) is 1. The number of nitrogens with zero attached hydrogens (tertiary/aromatic N) is 1. The molecular formula is C16H18N2O2. The molecule has 2 N–H and O–H groups in total. The van der Waals surface area contributed by atoms with Crippen molar-refractivity contribution in [3.05, 3.63) is 36.0 Å². The van der Waals surface area contributed by atoms with E-state index in [-0.39, 0.29) is 5.78 Å². The Kier molecular flexibility index (Phi) is 3.65. The molecule has 1 aromatic heterocycles. The maximum atomic E-state index is 12.3. The molecule has 1 aromatic carbocycles. The summed E-state index contributed by atoms with van der Waals surface area (Å²) in [4.78, 5) is 16.8. The molecular weight excluding hydrogens is 252 g/mol. The Morgan fingerprint density at radius 2 is 2.05 bits per heavy atom. The maximum Gasteiger partial charge on any atom is 0.181 e. The number of nitrogen functional groups attached to an aromatic ring is 1. The van der Waals surface area contributed by atoms with Gasteiger partial charge in [-0.1, -0.05) is 18.2 Å². The fourth-order valence-corrected chi connectivity index (χ4v) is 2.66. The number of carbonyl (C=O) groups is 1. The van der Waals surface area contributed by atoms with Gasteiger partial charge in [-0.15, -0.1) is 0 Å². The molecule has 2 heterocycles. The highest BCUT2D eigenvalue weighted by Gasteiger charge is 2.19. The summed E-state index contributed by atoms with van der Waals surface area (Å²) in [5.74, 6) is 0.486. The molecule has 0 radical (unpaired) electrons. The van der Waals surface area contributed by atoms with Crippen molar-refractivity contribution in [1.82, 2.24) is 4.98 Å². The molecule has 3 rings (SSSR count). The van der Waals surface area contributed by atoms with Gasteiger partial charge < -0.3 is 10.5 Å². The van der Waals surface area contributed by atoms with E-state index in [2.05, 4.69) is 4.98 Å². The van der Waals surface area contributed by atoms with Gasteiger partial charge in [0, 0.05) is 30.7 Å². The first-order valence-corrected chi connectivity index (χ1v) is 7.00. The van der Waals surface area contributed by atoms with Crippen molar-refractivity contribution in [2.45, 2.75) is 19.3 Å². The molecule has 4 nitrogen and oxygen atoms in total. The molecule has 1 saturated heterocycles. The fraction of sp³-hybridized carbons (Fsp3) is 0.375. The number of nitrogens with two attached hydrogens (primary N) is 1. The van der Waals surface area contributed by atoms with Crippen molar-refractivity contribution in [1.29, 1.82) is 0 Å². The minimum absolute atomic E-state index is 0.0781. The zero-order valence-corrected chi connectivity index (χ0v) is 11.3. The van der Waals surface area contributed by atoms with E-state index in [1.165, 1.54) is 0 Å². The summed E-state index contributed by atoms with van der Waals surface area (Å²) in [6.45, 7) is 1.51. The van der Waals surface area contributed by atoms with Crippen molar-refractivity contribution in [3.63, 3.8) is 0 Å². The third kappa shape index (κ3) is 2.65. The second-order valence-corrected chi connectivity index (χ2v) is 5.30. The highest BCUT2D eigenvalue weighted by atomic mass is 16.5. The van der Waals surface area contributed by atoms with E-state index in [0.717, 1.165) is 37.0 Å². The minimum atomic E-state index is 0.0781. The van der Waals surface area contributed by atoms with Crippen molar-refractivity contribution >= 4 is 22.4 Å². The first kappa shape index (κ1) is 13.1. The number of fused-ring (bicyclic) bond motifs is 1. The van der Waals surface area contributed by atoms with Crippen LogP contribution in [-0.4, -0.2) is 24.0 Å². The van der Waals surface area contributed by atoms with Crippen LogP contribution in [0.2, 0.25) is 0 Å². The Hall–Kier alpha value is -1.94. The molecule has 2 aromatic rings. The van der Waals surface area contributed by atoms with Crippen LogP contribution in [-0.2, 0) is 4.74 Å². The lowest BCUT2D eigenvalue weighted by Gasteiger charge is -2.21. The first-order valence-electron chi connectivity index (χ1n) is 7.00. The van der Waals surface area contributed by atoms with Gasteiger partial charge in [0.25, 0.3) is 0 Å². The van der Waals surface area contributed by atoms with Gasteiger partial charge in [-0.25, -0.2) is 4.98 Å². The van der Waals surface area contributed by atoms with Gasteiger partial charge in [-0.3, -0.25) is 4.79 Å². The molecule has 104 valence electrons. The Bertz CT molecular complexity index is 633. The number of Topliss-reactive ketones (excluding diaryl/α,β-unsaturated/α-hetero) is 1. The van der Waals surface area contributed by atoms with Crippen LogP contribution in [0.3, 0.4) is 0 Å². The molecule has 1 aliphatic rings. The van der Waals surface area contributed by atoms with Crippen molar-refractivity contribution in [2.24, 2.45) is 5.92 Å². The molecule has 0 aliphatic carbocycles. The maximum absolute atomic E-state index is 12.3. The zero-order chi connectivity index (χ0) is 13.9. The standard InChI is InChI=1S/C16H18N2O2/c17-13-10-15(18-14-4-2-1-3-12(13)14)16(19)9-11-5-7-20-8-6-11/h1-4,10-11H,5-9H2,(H2,17,18). The number of hydrogen-bond donors (Lipinski definition) is 1. The third-order valence-electron chi connectivity index (χ3n) is 3.85. The van der Waals surface area contributed by atoms with Gasteiger partial charge in [-0.05, 0) is 30.9 Å². The highest BCUT2D eigenvalue weighted by molar-refractivity contribution is 6.00. The van der Waals surface area contributed by atoms with Gasteiger partial charge in [-0.2, -0.15) is 0 Å². The zero-order valence-electron chi connectivity index (χ0n) is 11.3. The van der Waals surface area contributed by atoms with Crippen LogP contribution >= 0.6 is 0 Å². The summed E-state index contributed by atoms with van der Waals surface area (Å²) in [5.41, 5.74) is 7.89. The summed E-state index contributed by atoms with van der Waals surface area (Å²) < 4.78 is 5.32. The Balaban J connectivity index is 1.84. The van der Waals surface area contributed by atoms with Crippen molar-refractivity contribution in [2.75, 3.05) is 18.9 Å². The number of aromatic nitrogens is 1. The average Bonchev–Trinajstić information content (AvgIpc) is 2.48. The van der Waals surface area contributed by atoms with Crippen molar-refractivity contribution in [3.8, 4) is 0 Å². The van der Waals surface area contributed by atoms with Crippen LogP contribution in [0.25, 0.3) is 10.9 Å². The van der Waals surface area contributed by atoms with Crippen LogP contribution in [0.15, 0.2) is 30.3 Å². The van der Waals surface area contributed by atoms with Crippen LogP contribution in [0.1, 0.15) is 29.8 Å². The molecule has 0 bridgehead atoms. The molecule has 4 heteroatoms. The van der Waals surface area contributed by atoms with Gasteiger partial charge >= 0.3 is 0 Å². The summed E-state index contributed by atoms with van der Waals surface area (Å²) in [6, 6.07) is 9.33. The Morgan fingerprint density at radius 3 is 2.85 bits per heavy atom. The Labute approximate surface area is 117 Å². The number of ketones is 1. The number of rotatable bonds is 3. The lowest BCUT2D eigenvalue weighted by Crippen LogP contribution is -2.19. The number of pyridine rings is 1. The molecule has 1 aliphatic heterocycles. The largest absolute Gasteiger partial charge is 0.398 e. The van der Waals surface area contributed by atoms with Crippen molar-refractivity contribution < 1.29 is 9.53 Å². The molecule has 0 atom stereocenters. The number of carbonyl (C=O) groups excluding carboxylic acids is 1. The van der Waals surface area contributed by atoms with Gasteiger partial charge in [0.2, 0.25) is 0 Å². The minimum Gasteiger partial charge on any atom is -0.398 e. The fourth-order valence-electron chi connectivity index (χ4n) is 2.66. The lowest BCUT2D eigenvalue weighted by atomic mass is 9.93. The summed E-state index contributed by atoms with van der Waals surface area (Å²) in [5, 5.41) is 0.898. The summed E-state index contributed by atoms with van der Waals surface area (Å²) in [7, 11) is 0. The number of benzene rings is 1. The molecule has 0 saturated carbocycles. The van der Waals surface area contributed by atoms with E-state index in [0.29, 0.717) is 23.7 Å². The predicted molar refractivity (Wildman–Crippen MR) is 78.6 cm³/mol. The second-order valence-electron chi connectivity index (χ2n) is 5.30.